The third-order valence-electron chi connectivity index (χ3n) is 2.43. The molecule has 1 aromatic rings. The molecule has 0 aliphatic heterocycles. The van der Waals surface area contributed by atoms with Crippen LogP contribution in [0.2, 0.25) is 0 Å². The summed E-state index contributed by atoms with van der Waals surface area (Å²) in [4.78, 5) is 0. The fraction of sp³-hybridized carbons (Fsp3) is 0.667. The number of hydrogen-bond acceptors (Lipinski definition) is 4. The third kappa shape index (κ3) is 4.85. The van der Waals surface area contributed by atoms with E-state index >= 15 is 0 Å². The van der Waals surface area contributed by atoms with Gasteiger partial charge in [0.2, 0.25) is 0 Å². The van der Waals surface area contributed by atoms with Gasteiger partial charge in [-0.05, 0) is 31.1 Å². The summed E-state index contributed by atoms with van der Waals surface area (Å²) in [5, 5.41) is 3.52. The molecule has 1 N–H and O–H groups in total. The Morgan fingerprint density at radius 3 is 2.62 bits per heavy atom. The van der Waals surface area contributed by atoms with Crippen molar-refractivity contribution in [1.82, 2.24) is 5.32 Å². The van der Waals surface area contributed by atoms with Gasteiger partial charge in [-0.15, -0.1) is 0 Å². The first kappa shape index (κ1) is 14.0. The molecule has 1 aromatic heterocycles. The number of nitrogens with one attached hydrogen (secondary N) is 1. The van der Waals surface area contributed by atoms with Crippen LogP contribution in [0.3, 0.4) is 0 Å². The highest BCUT2D eigenvalue weighted by Gasteiger charge is 2.06. The molecule has 1 rings (SSSR count). The van der Waals surface area contributed by atoms with Crippen LogP contribution in [0.25, 0.3) is 0 Å². The zero-order valence-corrected chi connectivity index (χ0v) is 11.9. The monoisotopic (exact) mass is 259 g/mol. The van der Waals surface area contributed by atoms with Crippen LogP contribution >= 0.6 is 23.5 Å². The molecule has 1 heterocycles. The summed E-state index contributed by atoms with van der Waals surface area (Å²) < 4.78 is 5.71. The van der Waals surface area contributed by atoms with E-state index in [-0.39, 0.29) is 0 Å². The van der Waals surface area contributed by atoms with Crippen molar-refractivity contribution in [2.24, 2.45) is 0 Å². The van der Waals surface area contributed by atoms with Gasteiger partial charge < -0.3 is 9.73 Å². The zero-order valence-electron chi connectivity index (χ0n) is 10.3. The highest BCUT2D eigenvalue weighted by molar-refractivity contribution is 7.98. The Kier molecular flexibility index (Phi) is 7.08. The quantitative estimate of drug-likeness (QED) is 0.774. The number of rotatable bonds is 8. The third-order valence-corrected chi connectivity index (χ3v) is 3.74. The van der Waals surface area contributed by atoms with E-state index in [1.165, 1.54) is 6.42 Å². The first-order valence-corrected chi connectivity index (χ1v) is 8.37. The van der Waals surface area contributed by atoms with Gasteiger partial charge in [0.05, 0.1) is 12.3 Å². The lowest BCUT2D eigenvalue weighted by Crippen LogP contribution is -2.29. The first-order valence-electron chi connectivity index (χ1n) is 5.59. The van der Waals surface area contributed by atoms with Crippen LogP contribution in [-0.2, 0) is 12.3 Å². The lowest BCUT2D eigenvalue weighted by molar-refractivity contribution is 0.437. The molecule has 0 fully saturated rings. The lowest BCUT2D eigenvalue weighted by atomic mass is 10.2. The molecule has 1 unspecified atom stereocenters. The predicted molar refractivity (Wildman–Crippen MR) is 75.2 cm³/mol. The Balaban J connectivity index is 2.34. The summed E-state index contributed by atoms with van der Waals surface area (Å²) in [5.74, 6) is 4.24. The normalized spacial score (nSPS) is 12.9. The molecule has 0 spiro atoms. The minimum Gasteiger partial charge on any atom is -0.464 e. The summed E-state index contributed by atoms with van der Waals surface area (Å²) in [7, 11) is 0. The molecule has 4 heteroatoms. The molecule has 0 aliphatic carbocycles. The van der Waals surface area contributed by atoms with Crippen molar-refractivity contribution in [1.29, 1.82) is 0 Å². The molecule has 1 atom stereocenters. The molecule has 16 heavy (non-hydrogen) atoms. The SMILES string of the molecule is CCC(CSC)NCc1ccc(CSC)o1. The summed E-state index contributed by atoms with van der Waals surface area (Å²) in [6.45, 7) is 3.06. The Morgan fingerprint density at radius 2 is 2.00 bits per heavy atom. The van der Waals surface area contributed by atoms with Crippen LogP contribution in [0.15, 0.2) is 16.5 Å². The first-order chi connectivity index (χ1) is 7.80. The predicted octanol–water partition coefficient (Wildman–Crippen LogP) is 3.37. The van der Waals surface area contributed by atoms with E-state index in [9.17, 15) is 0 Å². The van der Waals surface area contributed by atoms with E-state index in [2.05, 4.69) is 36.9 Å². The maximum absolute atomic E-state index is 5.71. The molecule has 2 nitrogen and oxygen atoms in total. The van der Waals surface area contributed by atoms with E-state index in [0.717, 1.165) is 29.6 Å². The van der Waals surface area contributed by atoms with Crippen LogP contribution in [0.1, 0.15) is 24.9 Å². The van der Waals surface area contributed by atoms with E-state index in [1.54, 1.807) is 11.8 Å². The maximum Gasteiger partial charge on any atom is 0.118 e. The largest absolute Gasteiger partial charge is 0.464 e. The second-order valence-electron chi connectivity index (χ2n) is 3.74. The fourth-order valence-corrected chi connectivity index (χ4v) is 2.70. The van der Waals surface area contributed by atoms with Crippen molar-refractivity contribution < 1.29 is 4.42 Å². The van der Waals surface area contributed by atoms with E-state index in [1.807, 2.05) is 11.8 Å². The van der Waals surface area contributed by atoms with E-state index in [4.69, 9.17) is 4.42 Å². The Morgan fingerprint density at radius 1 is 1.25 bits per heavy atom. The van der Waals surface area contributed by atoms with Crippen LogP contribution in [0.5, 0.6) is 0 Å². The maximum atomic E-state index is 5.71. The van der Waals surface area contributed by atoms with Crippen molar-refractivity contribution in [2.45, 2.75) is 31.7 Å². The summed E-state index contributed by atoms with van der Waals surface area (Å²) in [6, 6.07) is 4.73. The van der Waals surface area contributed by atoms with Crippen molar-refractivity contribution in [3.05, 3.63) is 23.7 Å². The molecular formula is C12H21NOS2. The molecule has 0 radical (unpaired) electrons. The van der Waals surface area contributed by atoms with E-state index < -0.39 is 0 Å². The van der Waals surface area contributed by atoms with Gasteiger partial charge in [-0.2, -0.15) is 23.5 Å². The molecule has 92 valence electrons. The zero-order chi connectivity index (χ0) is 11.8. The van der Waals surface area contributed by atoms with Crippen molar-refractivity contribution in [2.75, 3.05) is 18.3 Å². The summed E-state index contributed by atoms with van der Waals surface area (Å²) >= 11 is 3.67. The van der Waals surface area contributed by atoms with Gasteiger partial charge >= 0.3 is 0 Å². The highest BCUT2D eigenvalue weighted by atomic mass is 32.2. The van der Waals surface area contributed by atoms with Crippen LogP contribution in [-0.4, -0.2) is 24.3 Å². The Bertz CT molecular complexity index is 288. The molecule has 0 aromatic carbocycles. The van der Waals surface area contributed by atoms with Crippen molar-refractivity contribution in [3.8, 4) is 0 Å². The molecule has 0 bridgehead atoms. The topological polar surface area (TPSA) is 25.2 Å². The Labute approximate surface area is 107 Å². The number of hydrogen-bond donors (Lipinski definition) is 1. The number of furan rings is 1. The van der Waals surface area contributed by atoms with Gasteiger partial charge in [-0.25, -0.2) is 0 Å². The fourth-order valence-electron chi connectivity index (χ4n) is 1.50. The van der Waals surface area contributed by atoms with Gasteiger partial charge in [0.1, 0.15) is 11.5 Å². The smallest absolute Gasteiger partial charge is 0.118 e. The van der Waals surface area contributed by atoms with Gasteiger partial charge in [0.25, 0.3) is 0 Å². The molecule has 0 saturated carbocycles. The van der Waals surface area contributed by atoms with Gasteiger partial charge in [0, 0.05) is 11.8 Å². The second-order valence-corrected chi connectivity index (χ2v) is 5.52. The standard InChI is InChI=1S/C12H21NOS2/c1-4-10(8-15-2)13-7-11-5-6-12(14-11)9-16-3/h5-6,10,13H,4,7-9H2,1-3H3. The minimum absolute atomic E-state index is 0.587. The van der Waals surface area contributed by atoms with Crippen LogP contribution < -0.4 is 5.32 Å². The molecule has 0 amide bonds. The Hall–Kier alpha value is -0.0600. The number of thioether (sulfide) groups is 2. The van der Waals surface area contributed by atoms with Gasteiger partial charge in [0.15, 0.2) is 0 Å². The van der Waals surface area contributed by atoms with Gasteiger partial charge in [-0.1, -0.05) is 6.92 Å². The van der Waals surface area contributed by atoms with Crippen molar-refractivity contribution >= 4 is 23.5 Å². The lowest BCUT2D eigenvalue weighted by Gasteiger charge is -2.14. The highest BCUT2D eigenvalue weighted by Crippen LogP contribution is 2.13. The van der Waals surface area contributed by atoms with Crippen molar-refractivity contribution in [3.63, 3.8) is 0 Å². The summed E-state index contributed by atoms with van der Waals surface area (Å²) in [6.07, 6.45) is 5.40. The van der Waals surface area contributed by atoms with E-state index in [0.29, 0.717) is 6.04 Å². The average Bonchev–Trinajstić information content (AvgIpc) is 2.72. The average molecular weight is 259 g/mol. The summed E-state index contributed by atoms with van der Waals surface area (Å²) in [5.41, 5.74) is 0. The van der Waals surface area contributed by atoms with Crippen LogP contribution in [0.4, 0.5) is 0 Å². The molecular weight excluding hydrogens is 238 g/mol. The second kappa shape index (κ2) is 8.09. The van der Waals surface area contributed by atoms with Gasteiger partial charge in [-0.3, -0.25) is 0 Å². The molecule has 0 saturated heterocycles. The van der Waals surface area contributed by atoms with Crippen LogP contribution in [0, 0.1) is 0 Å². The molecule has 0 aliphatic rings. The minimum atomic E-state index is 0.587.